The van der Waals surface area contributed by atoms with Crippen molar-refractivity contribution in [1.29, 1.82) is 0 Å². The maximum absolute atomic E-state index is 13.5. The number of carbonyl (C=O) groups is 2. The molecule has 2 amide bonds. The van der Waals surface area contributed by atoms with E-state index in [1.807, 2.05) is 23.1 Å². The molecule has 0 saturated carbocycles. The number of aromatic amines is 1. The topological polar surface area (TPSA) is 87.8 Å². The summed E-state index contributed by atoms with van der Waals surface area (Å²) >= 11 is 0. The average Bonchev–Trinajstić information content (AvgIpc) is 3.42. The van der Waals surface area contributed by atoms with E-state index in [4.69, 9.17) is 9.47 Å². The van der Waals surface area contributed by atoms with E-state index in [0.29, 0.717) is 49.8 Å². The van der Waals surface area contributed by atoms with Crippen LogP contribution in [0.15, 0.2) is 30.7 Å². The molecule has 1 aromatic heterocycles. The van der Waals surface area contributed by atoms with Crippen molar-refractivity contribution < 1.29 is 19.1 Å². The van der Waals surface area contributed by atoms with Crippen LogP contribution in [0.2, 0.25) is 0 Å². The van der Waals surface area contributed by atoms with Crippen LogP contribution in [-0.2, 0) is 11.3 Å². The van der Waals surface area contributed by atoms with Crippen LogP contribution in [0.4, 0.5) is 0 Å². The number of rotatable bonds is 5. The number of ether oxygens (including phenoxy) is 2. The second-order valence-electron chi connectivity index (χ2n) is 7.71. The van der Waals surface area contributed by atoms with Crippen molar-refractivity contribution in [1.82, 2.24) is 19.8 Å². The molecule has 2 fully saturated rings. The first-order valence-corrected chi connectivity index (χ1v) is 9.85. The Hall–Kier alpha value is -3.03. The summed E-state index contributed by atoms with van der Waals surface area (Å²) < 4.78 is 10.9. The lowest BCUT2D eigenvalue weighted by atomic mass is 9.78. The third-order valence-electron chi connectivity index (χ3n) is 6.04. The van der Waals surface area contributed by atoms with Crippen molar-refractivity contribution in [2.75, 3.05) is 33.9 Å². The molecule has 1 aromatic carbocycles. The number of aromatic nitrogens is 2. The van der Waals surface area contributed by atoms with Gasteiger partial charge in [-0.15, -0.1) is 0 Å². The Morgan fingerprint density at radius 2 is 2.10 bits per heavy atom. The molecule has 3 heterocycles. The van der Waals surface area contributed by atoms with Gasteiger partial charge in [0.05, 0.1) is 32.2 Å². The van der Waals surface area contributed by atoms with Gasteiger partial charge in [0.15, 0.2) is 11.5 Å². The maximum Gasteiger partial charge on any atom is 0.271 e. The molecule has 0 aliphatic carbocycles. The molecule has 4 rings (SSSR count). The fraction of sp³-hybridized carbons (Fsp3) is 0.476. The highest BCUT2D eigenvalue weighted by molar-refractivity contribution is 5.93. The van der Waals surface area contributed by atoms with Crippen LogP contribution in [0.5, 0.6) is 11.5 Å². The van der Waals surface area contributed by atoms with Crippen LogP contribution in [0, 0.1) is 5.41 Å². The summed E-state index contributed by atoms with van der Waals surface area (Å²) in [4.78, 5) is 36.6. The minimum Gasteiger partial charge on any atom is -0.493 e. The number of hydrogen-bond donors (Lipinski definition) is 1. The number of carbonyl (C=O) groups excluding carboxylic acids is 2. The van der Waals surface area contributed by atoms with Crippen molar-refractivity contribution in [3.8, 4) is 11.5 Å². The third kappa shape index (κ3) is 3.43. The molecule has 1 atom stereocenters. The summed E-state index contributed by atoms with van der Waals surface area (Å²) in [6.45, 7) is 2.21. The molecule has 0 bridgehead atoms. The van der Waals surface area contributed by atoms with Crippen molar-refractivity contribution >= 4 is 11.8 Å². The Bertz CT molecular complexity index is 898. The van der Waals surface area contributed by atoms with Crippen LogP contribution >= 0.6 is 0 Å². The largest absolute Gasteiger partial charge is 0.493 e. The van der Waals surface area contributed by atoms with Gasteiger partial charge in [0.1, 0.15) is 5.69 Å². The summed E-state index contributed by atoms with van der Waals surface area (Å²) in [7, 11) is 3.21. The SMILES string of the molecule is COc1cccc(CN2CCC[C@@]3(CCN(C(=O)c4cnc[nH]4)C3)C2=O)c1OC. The van der Waals surface area contributed by atoms with E-state index in [1.165, 1.54) is 12.5 Å². The first-order chi connectivity index (χ1) is 14.1. The second-order valence-corrected chi connectivity index (χ2v) is 7.71. The Morgan fingerprint density at radius 3 is 2.83 bits per heavy atom. The lowest BCUT2D eigenvalue weighted by Gasteiger charge is -2.39. The lowest BCUT2D eigenvalue weighted by molar-refractivity contribution is -0.146. The predicted molar refractivity (Wildman–Crippen MR) is 106 cm³/mol. The monoisotopic (exact) mass is 398 g/mol. The van der Waals surface area contributed by atoms with E-state index in [-0.39, 0.29) is 11.8 Å². The fourth-order valence-electron chi connectivity index (χ4n) is 4.55. The van der Waals surface area contributed by atoms with E-state index in [9.17, 15) is 9.59 Å². The molecule has 8 nitrogen and oxygen atoms in total. The molecule has 154 valence electrons. The molecular formula is C21H26N4O4. The molecule has 2 aliphatic heterocycles. The number of imidazole rings is 1. The summed E-state index contributed by atoms with van der Waals surface area (Å²) in [6, 6.07) is 5.71. The highest BCUT2D eigenvalue weighted by Crippen LogP contribution is 2.41. The van der Waals surface area contributed by atoms with Gasteiger partial charge in [0.2, 0.25) is 5.91 Å². The van der Waals surface area contributed by atoms with Crippen LogP contribution in [0.1, 0.15) is 35.3 Å². The van der Waals surface area contributed by atoms with Crippen LogP contribution in [0.25, 0.3) is 0 Å². The molecule has 29 heavy (non-hydrogen) atoms. The summed E-state index contributed by atoms with van der Waals surface area (Å²) in [5.74, 6) is 1.33. The van der Waals surface area contributed by atoms with Gasteiger partial charge in [-0.2, -0.15) is 0 Å². The third-order valence-corrected chi connectivity index (χ3v) is 6.04. The van der Waals surface area contributed by atoms with Gasteiger partial charge >= 0.3 is 0 Å². The number of likely N-dealkylation sites (tertiary alicyclic amines) is 2. The van der Waals surface area contributed by atoms with E-state index >= 15 is 0 Å². The number of piperidine rings is 1. The first-order valence-electron chi connectivity index (χ1n) is 9.85. The maximum atomic E-state index is 13.5. The normalized spacial score (nSPS) is 21.7. The van der Waals surface area contributed by atoms with Gasteiger partial charge in [-0.05, 0) is 25.3 Å². The smallest absolute Gasteiger partial charge is 0.271 e. The molecule has 1 spiro atoms. The number of methoxy groups -OCH3 is 2. The number of H-pyrrole nitrogens is 1. The van der Waals surface area contributed by atoms with E-state index < -0.39 is 5.41 Å². The van der Waals surface area contributed by atoms with Gasteiger partial charge in [0, 0.05) is 31.7 Å². The quantitative estimate of drug-likeness (QED) is 0.833. The van der Waals surface area contributed by atoms with Gasteiger partial charge in [0.25, 0.3) is 5.91 Å². The molecule has 0 unspecified atom stereocenters. The minimum atomic E-state index is -0.500. The van der Waals surface area contributed by atoms with Gasteiger partial charge in [-0.25, -0.2) is 4.98 Å². The number of hydrogen-bond acceptors (Lipinski definition) is 5. The molecule has 0 radical (unpaired) electrons. The fourth-order valence-corrected chi connectivity index (χ4v) is 4.55. The molecule has 2 aliphatic rings. The Kier molecular flexibility index (Phi) is 5.17. The van der Waals surface area contributed by atoms with Crippen LogP contribution in [-0.4, -0.2) is 65.4 Å². The highest BCUT2D eigenvalue weighted by atomic mass is 16.5. The summed E-state index contributed by atoms with van der Waals surface area (Å²) in [5, 5.41) is 0. The average molecular weight is 398 g/mol. The molecular weight excluding hydrogens is 372 g/mol. The summed E-state index contributed by atoms with van der Waals surface area (Å²) in [5.41, 5.74) is 0.879. The number of nitrogens with zero attached hydrogens (tertiary/aromatic N) is 3. The minimum absolute atomic E-state index is 0.0984. The Morgan fingerprint density at radius 1 is 1.24 bits per heavy atom. The number of nitrogens with one attached hydrogen (secondary N) is 1. The zero-order valence-electron chi connectivity index (χ0n) is 16.8. The molecule has 2 saturated heterocycles. The van der Waals surface area contributed by atoms with Crippen molar-refractivity contribution in [2.24, 2.45) is 5.41 Å². The van der Waals surface area contributed by atoms with Crippen molar-refractivity contribution in [3.63, 3.8) is 0 Å². The Balaban J connectivity index is 1.51. The summed E-state index contributed by atoms with van der Waals surface area (Å²) in [6.07, 6.45) is 5.44. The van der Waals surface area contributed by atoms with Crippen LogP contribution < -0.4 is 9.47 Å². The second kappa shape index (κ2) is 7.77. The zero-order valence-corrected chi connectivity index (χ0v) is 16.8. The van der Waals surface area contributed by atoms with Crippen molar-refractivity contribution in [3.05, 3.63) is 42.0 Å². The Labute approximate surface area is 169 Å². The number of benzene rings is 1. The van der Waals surface area contributed by atoms with Crippen molar-refractivity contribution in [2.45, 2.75) is 25.8 Å². The van der Waals surface area contributed by atoms with Gasteiger partial charge in [-0.3, -0.25) is 9.59 Å². The molecule has 8 heteroatoms. The van der Waals surface area contributed by atoms with E-state index in [2.05, 4.69) is 9.97 Å². The zero-order chi connectivity index (χ0) is 20.4. The predicted octanol–water partition coefficient (Wildman–Crippen LogP) is 2.08. The molecule has 2 aromatic rings. The number of para-hydroxylation sites is 1. The highest BCUT2D eigenvalue weighted by Gasteiger charge is 2.49. The number of amides is 2. The first kappa shape index (κ1) is 19.3. The molecule has 1 N–H and O–H groups in total. The van der Waals surface area contributed by atoms with Gasteiger partial charge in [-0.1, -0.05) is 12.1 Å². The lowest BCUT2D eigenvalue weighted by Crippen LogP contribution is -2.50. The standard InChI is InChI=1S/C21H26N4O4/c1-28-17-6-3-5-15(18(17)29-2)12-24-9-4-7-21(20(24)27)8-10-25(13-21)19(26)16-11-22-14-23-16/h3,5-6,11,14H,4,7-10,12-13H2,1-2H3,(H,22,23)/t21-/m0/s1. The van der Waals surface area contributed by atoms with E-state index in [0.717, 1.165) is 18.4 Å². The van der Waals surface area contributed by atoms with Crippen LogP contribution in [0.3, 0.4) is 0 Å². The van der Waals surface area contributed by atoms with Gasteiger partial charge < -0.3 is 24.3 Å². The van der Waals surface area contributed by atoms with E-state index in [1.54, 1.807) is 19.1 Å².